The Morgan fingerprint density at radius 2 is 2.05 bits per heavy atom. The lowest BCUT2D eigenvalue weighted by atomic mass is 9.92. The molecule has 7 heteroatoms. The smallest absolute Gasteiger partial charge is 0.387 e. The van der Waals surface area contributed by atoms with Gasteiger partial charge in [-0.05, 0) is 24.6 Å². The average Bonchev–Trinajstić information content (AvgIpc) is 2.27. The van der Waals surface area contributed by atoms with Crippen LogP contribution in [0.2, 0.25) is 0 Å². The quantitative estimate of drug-likeness (QED) is 0.856. The van der Waals surface area contributed by atoms with Gasteiger partial charge in [-0.25, -0.2) is 4.79 Å². The molecular formula is C12H13F2NO4. The number of ether oxygens (including phenoxy) is 1. The molecule has 0 saturated carbocycles. The number of carboxylic acids is 1. The molecule has 19 heavy (non-hydrogen) atoms. The van der Waals surface area contributed by atoms with Gasteiger partial charge in [0.1, 0.15) is 5.75 Å². The normalized spacial score (nSPS) is 13.7. The minimum absolute atomic E-state index is 0.133. The summed E-state index contributed by atoms with van der Waals surface area (Å²) in [6.07, 6.45) is 0. The summed E-state index contributed by atoms with van der Waals surface area (Å²) in [5, 5.41) is 11.5. The van der Waals surface area contributed by atoms with Crippen LogP contribution in [-0.2, 0) is 15.1 Å². The highest BCUT2D eigenvalue weighted by molar-refractivity contribution is 5.86. The van der Waals surface area contributed by atoms with Crippen LogP contribution in [0, 0.1) is 0 Å². The fraction of sp³-hybridized carbons (Fsp3) is 0.333. The zero-order valence-corrected chi connectivity index (χ0v) is 10.3. The van der Waals surface area contributed by atoms with Gasteiger partial charge < -0.3 is 15.2 Å². The van der Waals surface area contributed by atoms with E-state index in [1.54, 1.807) is 0 Å². The van der Waals surface area contributed by atoms with E-state index >= 15 is 0 Å². The molecular weight excluding hydrogens is 260 g/mol. The third kappa shape index (κ3) is 3.64. The van der Waals surface area contributed by atoms with Crippen LogP contribution in [0.15, 0.2) is 24.3 Å². The van der Waals surface area contributed by atoms with E-state index in [1.807, 2.05) is 0 Å². The number of alkyl halides is 2. The second kappa shape index (κ2) is 5.64. The van der Waals surface area contributed by atoms with Crippen LogP contribution in [-0.4, -0.2) is 23.6 Å². The maximum Gasteiger partial charge on any atom is 0.387 e. The van der Waals surface area contributed by atoms with E-state index in [1.165, 1.54) is 32.0 Å². The van der Waals surface area contributed by atoms with Gasteiger partial charge in [0.05, 0.1) is 0 Å². The molecule has 0 saturated heterocycles. The monoisotopic (exact) mass is 273 g/mol. The fourth-order valence-electron chi connectivity index (χ4n) is 1.58. The molecule has 0 fully saturated rings. The van der Waals surface area contributed by atoms with E-state index in [0.717, 1.165) is 6.07 Å². The van der Waals surface area contributed by atoms with E-state index in [-0.39, 0.29) is 11.3 Å². The Bertz CT molecular complexity index is 492. The Kier molecular flexibility index (Phi) is 4.42. The molecule has 0 aromatic heterocycles. The number of carbonyl (C=O) groups is 2. The molecule has 0 bridgehead atoms. The first kappa shape index (κ1) is 14.9. The highest BCUT2D eigenvalue weighted by Gasteiger charge is 2.36. The van der Waals surface area contributed by atoms with Crippen LogP contribution >= 0.6 is 0 Å². The van der Waals surface area contributed by atoms with E-state index in [9.17, 15) is 23.5 Å². The SMILES string of the molecule is CC(=O)NC(C)(C(=O)O)c1cccc(OC(F)F)c1. The van der Waals surface area contributed by atoms with Gasteiger partial charge in [0.2, 0.25) is 5.91 Å². The molecule has 1 aromatic rings. The van der Waals surface area contributed by atoms with Crippen molar-refractivity contribution >= 4 is 11.9 Å². The molecule has 1 amide bonds. The maximum absolute atomic E-state index is 12.1. The number of aliphatic carboxylic acids is 1. The molecule has 0 radical (unpaired) electrons. The topological polar surface area (TPSA) is 75.6 Å². The molecule has 104 valence electrons. The van der Waals surface area contributed by atoms with Gasteiger partial charge in [0, 0.05) is 6.92 Å². The first-order valence-electron chi connectivity index (χ1n) is 5.33. The highest BCUT2D eigenvalue weighted by Crippen LogP contribution is 2.25. The van der Waals surface area contributed by atoms with Gasteiger partial charge in [0.25, 0.3) is 0 Å². The van der Waals surface area contributed by atoms with E-state index in [2.05, 4.69) is 10.1 Å². The van der Waals surface area contributed by atoms with Crippen molar-refractivity contribution in [1.82, 2.24) is 5.32 Å². The average molecular weight is 273 g/mol. The summed E-state index contributed by atoms with van der Waals surface area (Å²) in [5.41, 5.74) is -1.58. The highest BCUT2D eigenvalue weighted by atomic mass is 19.3. The van der Waals surface area contributed by atoms with Crippen molar-refractivity contribution < 1.29 is 28.2 Å². The number of halogens is 2. The molecule has 0 heterocycles. The van der Waals surface area contributed by atoms with Crippen molar-refractivity contribution in [3.05, 3.63) is 29.8 Å². The van der Waals surface area contributed by atoms with E-state index < -0.39 is 24.0 Å². The zero-order valence-electron chi connectivity index (χ0n) is 10.3. The van der Waals surface area contributed by atoms with Gasteiger partial charge in [-0.1, -0.05) is 12.1 Å². The minimum atomic E-state index is -3.01. The number of hydrogen-bond acceptors (Lipinski definition) is 3. The van der Waals surface area contributed by atoms with Crippen LogP contribution in [0.3, 0.4) is 0 Å². The van der Waals surface area contributed by atoms with Gasteiger partial charge in [-0.2, -0.15) is 8.78 Å². The third-order valence-electron chi connectivity index (χ3n) is 2.49. The molecule has 2 N–H and O–H groups in total. The molecule has 0 aliphatic heterocycles. The number of amides is 1. The first-order valence-corrected chi connectivity index (χ1v) is 5.33. The van der Waals surface area contributed by atoms with Gasteiger partial charge in [0.15, 0.2) is 5.54 Å². The Labute approximate surface area is 108 Å². The first-order chi connectivity index (χ1) is 8.75. The summed E-state index contributed by atoms with van der Waals surface area (Å²) in [4.78, 5) is 22.4. The van der Waals surface area contributed by atoms with E-state index in [4.69, 9.17) is 0 Å². The van der Waals surface area contributed by atoms with Gasteiger partial charge in [-0.3, -0.25) is 4.79 Å². The van der Waals surface area contributed by atoms with Crippen LogP contribution in [0.1, 0.15) is 19.4 Å². The van der Waals surface area contributed by atoms with Crippen LogP contribution in [0.4, 0.5) is 8.78 Å². The molecule has 0 spiro atoms. The molecule has 0 aliphatic rings. The Balaban J connectivity index is 3.16. The summed E-state index contributed by atoms with van der Waals surface area (Å²) in [7, 11) is 0. The van der Waals surface area contributed by atoms with Crippen molar-refractivity contribution in [1.29, 1.82) is 0 Å². The van der Waals surface area contributed by atoms with Crippen molar-refractivity contribution in [3.8, 4) is 5.75 Å². The number of rotatable bonds is 5. The maximum atomic E-state index is 12.1. The van der Waals surface area contributed by atoms with Crippen molar-refractivity contribution in [2.24, 2.45) is 0 Å². The molecule has 5 nitrogen and oxygen atoms in total. The lowest BCUT2D eigenvalue weighted by Gasteiger charge is -2.26. The summed E-state index contributed by atoms with van der Waals surface area (Å²) in [6.45, 7) is -0.578. The third-order valence-corrected chi connectivity index (χ3v) is 2.49. The number of carboxylic acid groups (broad SMARTS) is 1. The minimum Gasteiger partial charge on any atom is -0.479 e. The summed E-state index contributed by atoms with van der Waals surface area (Å²) >= 11 is 0. The number of benzene rings is 1. The van der Waals surface area contributed by atoms with Crippen LogP contribution in [0.25, 0.3) is 0 Å². The fourth-order valence-corrected chi connectivity index (χ4v) is 1.58. The summed E-state index contributed by atoms with van der Waals surface area (Å²) in [6, 6.07) is 5.19. The summed E-state index contributed by atoms with van der Waals surface area (Å²) in [5.74, 6) is -2.03. The predicted molar refractivity (Wildman–Crippen MR) is 61.9 cm³/mol. The number of hydrogen-bond donors (Lipinski definition) is 2. The largest absolute Gasteiger partial charge is 0.479 e. The zero-order chi connectivity index (χ0) is 14.6. The van der Waals surface area contributed by atoms with Crippen molar-refractivity contribution in [3.63, 3.8) is 0 Å². The standard InChI is InChI=1S/C12H13F2NO4/c1-7(16)15-12(2,10(17)18)8-4-3-5-9(6-8)19-11(13)14/h3-6,11H,1-2H3,(H,15,16)(H,17,18). The predicted octanol–water partition coefficient (Wildman–Crippen LogP) is 1.72. The molecule has 1 rings (SSSR count). The second-order valence-electron chi connectivity index (χ2n) is 4.02. The van der Waals surface area contributed by atoms with Crippen molar-refractivity contribution in [2.45, 2.75) is 26.0 Å². The lowest BCUT2D eigenvalue weighted by molar-refractivity contribution is -0.147. The molecule has 1 atom stereocenters. The molecule has 1 aromatic carbocycles. The van der Waals surface area contributed by atoms with Gasteiger partial charge in [-0.15, -0.1) is 0 Å². The summed E-state index contributed by atoms with van der Waals surface area (Å²) < 4.78 is 28.4. The Morgan fingerprint density at radius 1 is 1.42 bits per heavy atom. The second-order valence-corrected chi connectivity index (χ2v) is 4.02. The molecule has 1 unspecified atom stereocenters. The Hall–Kier alpha value is -2.18. The van der Waals surface area contributed by atoms with Crippen LogP contribution in [0.5, 0.6) is 5.75 Å². The number of carbonyl (C=O) groups excluding carboxylic acids is 1. The van der Waals surface area contributed by atoms with Crippen molar-refractivity contribution in [2.75, 3.05) is 0 Å². The molecule has 0 aliphatic carbocycles. The lowest BCUT2D eigenvalue weighted by Crippen LogP contribution is -2.48. The van der Waals surface area contributed by atoms with Gasteiger partial charge >= 0.3 is 12.6 Å². The van der Waals surface area contributed by atoms with E-state index in [0.29, 0.717) is 0 Å². The Morgan fingerprint density at radius 3 is 2.53 bits per heavy atom. The van der Waals surface area contributed by atoms with Crippen LogP contribution < -0.4 is 10.1 Å². The number of nitrogens with one attached hydrogen (secondary N) is 1.